The van der Waals surface area contributed by atoms with E-state index in [1.54, 1.807) is 0 Å². The molecule has 18 heavy (non-hydrogen) atoms. The van der Waals surface area contributed by atoms with Gasteiger partial charge in [0.15, 0.2) is 5.78 Å². The maximum atomic E-state index is 12.3. The highest BCUT2D eigenvalue weighted by Gasteiger charge is 2.40. The molecule has 0 aromatic heterocycles. The van der Waals surface area contributed by atoms with Crippen molar-refractivity contribution in [3.05, 3.63) is 28.2 Å². The van der Waals surface area contributed by atoms with Gasteiger partial charge >= 0.3 is 0 Å². The van der Waals surface area contributed by atoms with Crippen LogP contribution in [0.1, 0.15) is 36.0 Å². The van der Waals surface area contributed by atoms with Gasteiger partial charge in [-0.05, 0) is 31.0 Å². The van der Waals surface area contributed by atoms with Crippen LogP contribution in [0.25, 0.3) is 0 Å². The Morgan fingerprint density at radius 1 is 1.22 bits per heavy atom. The summed E-state index contributed by atoms with van der Waals surface area (Å²) in [6.45, 7) is 1.45. The Balaban J connectivity index is 1.95. The highest BCUT2D eigenvalue weighted by atomic mass is 79.9. The molecule has 1 fully saturated rings. The van der Waals surface area contributed by atoms with Crippen molar-refractivity contribution in [2.45, 2.75) is 31.3 Å². The van der Waals surface area contributed by atoms with Gasteiger partial charge in [0.25, 0.3) is 0 Å². The lowest BCUT2D eigenvalue weighted by Crippen LogP contribution is -2.42. The van der Waals surface area contributed by atoms with Gasteiger partial charge in [0, 0.05) is 17.5 Å². The second-order valence-corrected chi connectivity index (χ2v) is 5.91. The Morgan fingerprint density at radius 3 is 3.00 bits per heavy atom. The fourth-order valence-electron chi connectivity index (χ4n) is 2.73. The zero-order valence-corrected chi connectivity index (χ0v) is 11.7. The number of benzene rings is 1. The molecule has 0 amide bonds. The molecule has 1 aromatic rings. The Kier molecular flexibility index (Phi) is 3.16. The Hall–Kier alpha value is -0.870. The van der Waals surface area contributed by atoms with E-state index in [0.717, 1.165) is 36.1 Å². The molecule has 2 heterocycles. The molecule has 1 saturated heterocycles. The van der Waals surface area contributed by atoms with Gasteiger partial charge in [-0.15, -0.1) is 0 Å². The first kappa shape index (κ1) is 12.2. The van der Waals surface area contributed by atoms with Gasteiger partial charge in [0.1, 0.15) is 11.4 Å². The summed E-state index contributed by atoms with van der Waals surface area (Å²) in [7, 11) is 0. The van der Waals surface area contributed by atoms with Crippen LogP contribution in [0.5, 0.6) is 5.75 Å². The third-order valence-electron chi connectivity index (χ3n) is 3.67. The maximum absolute atomic E-state index is 12.3. The summed E-state index contributed by atoms with van der Waals surface area (Å²) in [6, 6.07) is 5.64. The summed E-state index contributed by atoms with van der Waals surface area (Å²) >= 11 is 3.39. The van der Waals surface area contributed by atoms with Gasteiger partial charge in [0.05, 0.1) is 18.6 Å². The third-order valence-corrected chi connectivity index (χ3v) is 4.17. The van der Waals surface area contributed by atoms with Gasteiger partial charge in [-0.25, -0.2) is 0 Å². The molecule has 4 heteroatoms. The first-order valence-electron chi connectivity index (χ1n) is 6.28. The van der Waals surface area contributed by atoms with Gasteiger partial charge in [-0.2, -0.15) is 0 Å². The summed E-state index contributed by atoms with van der Waals surface area (Å²) in [5.41, 5.74) is 0.356. The lowest BCUT2D eigenvalue weighted by Gasteiger charge is -2.37. The molecule has 0 radical (unpaired) electrons. The van der Waals surface area contributed by atoms with Crippen molar-refractivity contribution in [2.75, 3.05) is 13.2 Å². The number of carbonyl (C=O) groups is 1. The highest BCUT2D eigenvalue weighted by molar-refractivity contribution is 9.10. The molecule has 1 spiro atoms. The van der Waals surface area contributed by atoms with Crippen LogP contribution < -0.4 is 4.74 Å². The molecule has 1 unspecified atom stereocenters. The second kappa shape index (κ2) is 4.67. The number of ether oxygens (including phenoxy) is 2. The predicted octanol–water partition coefficient (Wildman–Crippen LogP) is 3.35. The fourth-order valence-corrected chi connectivity index (χ4v) is 3.09. The van der Waals surface area contributed by atoms with Crippen LogP contribution in [0.15, 0.2) is 22.7 Å². The molecule has 3 nitrogen and oxygen atoms in total. The van der Waals surface area contributed by atoms with Crippen molar-refractivity contribution in [1.29, 1.82) is 0 Å². The van der Waals surface area contributed by atoms with Gasteiger partial charge < -0.3 is 9.47 Å². The summed E-state index contributed by atoms with van der Waals surface area (Å²) in [6.07, 6.45) is 3.13. The van der Waals surface area contributed by atoms with Crippen molar-refractivity contribution in [3.8, 4) is 5.75 Å². The molecule has 96 valence electrons. The van der Waals surface area contributed by atoms with Crippen LogP contribution in [-0.4, -0.2) is 24.6 Å². The summed E-state index contributed by atoms with van der Waals surface area (Å²) in [4.78, 5) is 12.3. The molecule has 0 saturated carbocycles. The number of halogens is 1. The Bertz CT molecular complexity index is 476. The van der Waals surface area contributed by atoms with Crippen LogP contribution in [0.4, 0.5) is 0 Å². The van der Waals surface area contributed by atoms with Crippen LogP contribution in [-0.2, 0) is 4.74 Å². The summed E-state index contributed by atoms with van der Waals surface area (Å²) in [5, 5.41) is 0. The maximum Gasteiger partial charge on any atom is 0.170 e. The van der Waals surface area contributed by atoms with E-state index in [-0.39, 0.29) is 11.4 Å². The molecule has 3 rings (SSSR count). The summed E-state index contributed by atoms with van der Waals surface area (Å²) in [5.74, 6) is 0.899. The Labute approximate surface area is 115 Å². The molecule has 1 atom stereocenters. The number of hydrogen-bond donors (Lipinski definition) is 0. The average molecular weight is 311 g/mol. The molecule has 1 aromatic carbocycles. The minimum atomic E-state index is -0.339. The molecule has 0 aliphatic carbocycles. The zero-order chi connectivity index (χ0) is 12.6. The van der Waals surface area contributed by atoms with Crippen molar-refractivity contribution >= 4 is 21.7 Å². The van der Waals surface area contributed by atoms with Gasteiger partial charge in [-0.1, -0.05) is 15.9 Å². The number of rotatable bonds is 0. The van der Waals surface area contributed by atoms with Crippen LogP contribution >= 0.6 is 15.9 Å². The topological polar surface area (TPSA) is 35.5 Å². The van der Waals surface area contributed by atoms with E-state index in [0.29, 0.717) is 18.6 Å². The van der Waals surface area contributed by atoms with E-state index in [1.807, 2.05) is 18.2 Å². The van der Waals surface area contributed by atoms with E-state index >= 15 is 0 Å². The third kappa shape index (κ3) is 2.19. The second-order valence-electron chi connectivity index (χ2n) is 4.99. The normalized spacial score (nSPS) is 27.5. The number of fused-ring (bicyclic) bond motifs is 1. The molecule has 2 aliphatic rings. The van der Waals surface area contributed by atoms with Crippen LogP contribution in [0, 0.1) is 0 Å². The first-order chi connectivity index (χ1) is 8.69. The standard InChI is InChI=1S/C14H15BrO3/c15-10-2-3-13-11(8-10)12(16)9-14(18-13)4-1-6-17-7-5-14/h2-3,8H,1,4-7,9H2. The van der Waals surface area contributed by atoms with Crippen molar-refractivity contribution in [1.82, 2.24) is 0 Å². The van der Waals surface area contributed by atoms with E-state index < -0.39 is 0 Å². The minimum absolute atomic E-state index is 0.180. The number of ketones is 1. The van der Waals surface area contributed by atoms with Crippen molar-refractivity contribution in [2.24, 2.45) is 0 Å². The van der Waals surface area contributed by atoms with Gasteiger partial charge in [-0.3, -0.25) is 4.79 Å². The molecular weight excluding hydrogens is 296 g/mol. The lowest BCUT2D eigenvalue weighted by molar-refractivity contribution is 0.0247. The highest BCUT2D eigenvalue weighted by Crippen LogP contribution is 2.39. The monoisotopic (exact) mass is 310 g/mol. The van der Waals surface area contributed by atoms with E-state index in [4.69, 9.17) is 9.47 Å². The zero-order valence-electron chi connectivity index (χ0n) is 10.1. The first-order valence-corrected chi connectivity index (χ1v) is 7.07. The van der Waals surface area contributed by atoms with E-state index in [1.165, 1.54) is 0 Å². The smallest absolute Gasteiger partial charge is 0.170 e. The average Bonchev–Trinajstić information content (AvgIpc) is 2.56. The Morgan fingerprint density at radius 2 is 2.11 bits per heavy atom. The minimum Gasteiger partial charge on any atom is -0.486 e. The van der Waals surface area contributed by atoms with Crippen LogP contribution in [0.3, 0.4) is 0 Å². The molecule has 0 bridgehead atoms. The van der Waals surface area contributed by atoms with Crippen LogP contribution in [0.2, 0.25) is 0 Å². The SMILES string of the molecule is O=C1CC2(CCCOCC2)Oc2ccc(Br)cc21. The number of hydrogen-bond acceptors (Lipinski definition) is 3. The van der Waals surface area contributed by atoms with Crippen molar-refractivity contribution in [3.63, 3.8) is 0 Å². The predicted molar refractivity (Wildman–Crippen MR) is 71.1 cm³/mol. The quantitative estimate of drug-likeness (QED) is 0.737. The van der Waals surface area contributed by atoms with E-state index in [2.05, 4.69) is 15.9 Å². The number of carbonyl (C=O) groups excluding carboxylic acids is 1. The molecule has 2 aliphatic heterocycles. The van der Waals surface area contributed by atoms with Crippen molar-refractivity contribution < 1.29 is 14.3 Å². The summed E-state index contributed by atoms with van der Waals surface area (Å²) < 4.78 is 12.5. The number of Topliss-reactive ketones (excluding diaryl/α,β-unsaturated/α-hetero) is 1. The largest absolute Gasteiger partial charge is 0.486 e. The van der Waals surface area contributed by atoms with E-state index in [9.17, 15) is 4.79 Å². The molecular formula is C14H15BrO3. The molecule has 0 N–H and O–H groups in total. The fraction of sp³-hybridized carbons (Fsp3) is 0.500. The van der Waals surface area contributed by atoms with Gasteiger partial charge in [0.2, 0.25) is 0 Å². The lowest BCUT2D eigenvalue weighted by atomic mass is 9.84.